The topological polar surface area (TPSA) is 42.4 Å². The fourth-order valence-electron chi connectivity index (χ4n) is 4.09. The molecular formula is C26H41ClN4. The number of anilines is 1. The Labute approximate surface area is 194 Å². The number of hydrogen-bond donors (Lipinski definition) is 2. The molecule has 0 radical (unpaired) electrons. The predicted molar refractivity (Wildman–Crippen MR) is 136 cm³/mol. The SMILES string of the molecule is C=C(Nc1ccc(Cl)c(C(CCC)N(CCCC)/C(=C/C(C)=N)N(C)C)c1)C1CCC1. The number of benzene rings is 1. The van der Waals surface area contributed by atoms with E-state index >= 15 is 0 Å². The van der Waals surface area contributed by atoms with Gasteiger partial charge in [0.1, 0.15) is 5.82 Å². The van der Waals surface area contributed by atoms with Crippen molar-refractivity contribution in [2.24, 2.45) is 5.92 Å². The second kappa shape index (κ2) is 12.2. The first-order valence-corrected chi connectivity index (χ1v) is 12.1. The van der Waals surface area contributed by atoms with Gasteiger partial charge in [-0.1, -0.05) is 51.3 Å². The summed E-state index contributed by atoms with van der Waals surface area (Å²) in [5.74, 6) is 1.65. The van der Waals surface area contributed by atoms with Gasteiger partial charge in [0, 0.05) is 42.8 Å². The monoisotopic (exact) mass is 444 g/mol. The van der Waals surface area contributed by atoms with E-state index in [0.29, 0.717) is 11.6 Å². The third-order valence-corrected chi connectivity index (χ3v) is 6.39. The molecule has 172 valence electrons. The van der Waals surface area contributed by atoms with Crippen molar-refractivity contribution in [3.8, 4) is 0 Å². The van der Waals surface area contributed by atoms with E-state index in [1.807, 2.05) is 19.1 Å². The van der Waals surface area contributed by atoms with Crippen LogP contribution < -0.4 is 5.32 Å². The third-order valence-electron chi connectivity index (χ3n) is 6.05. The van der Waals surface area contributed by atoms with Gasteiger partial charge in [-0.25, -0.2) is 0 Å². The van der Waals surface area contributed by atoms with Crippen molar-refractivity contribution in [2.75, 3.05) is 26.0 Å². The Morgan fingerprint density at radius 3 is 2.52 bits per heavy atom. The molecule has 0 saturated heterocycles. The van der Waals surface area contributed by atoms with Crippen molar-refractivity contribution in [3.05, 3.63) is 53.0 Å². The maximum Gasteiger partial charge on any atom is 0.106 e. The molecule has 0 amide bonds. The maximum absolute atomic E-state index is 8.08. The predicted octanol–water partition coefficient (Wildman–Crippen LogP) is 7.45. The van der Waals surface area contributed by atoms with Crippen LogP contribution in [0.1, 0.15) is 77.3 Å². The van der Waals surface area contributed by atoms with E-state index in [2.05, 4.69) is 61.8 Å². The molecule has 0 heterocycles. The van der Waals surface area contributed by atoms with E-state index in [0.717, 1.165) is 60.0 Å². The summed E-state index contributed by atoms with van der Waals surface area (Å²) in [6.45, 7) is 11.5. The van der Waals surface area contributed by atoms with Gasteiger partial charge in [-0.3, -0.25) is 0 Å². The summed E-state index contributed by atoms with van der Waals surface area (Å²) in [7, 11) is 4.11. The molecule has 2 rings (SSSR count). The Kier molecular flexibility index (Phi) is 9.95. The zero-order chi connectivity index (χ0) is 23.0. The van der Waals surface area contributed by atoms with E-state index < -0.39 is 0 Å². The lowest BCUT2D eigenvalue weighted by atomic mass is 9.83. The van der Waals surface area contributed by atoms with Crippen LogP contribution in [0.15, 0.2) is 42.4 Å². The van der Waals surface area contributed by atoms with E-state index in [1.165, 1.54) is 19.3 Å². The highest BCUT2D eigenvalue weighted by molar-refractivity contribution is 6.31. The molecule has 1 unspecified atom stereocenters. The first-order valence-electron chi connectivity index (χ1n) is 11.7. The van der Waals surface area contributed by atoms with Crippen molar-refractivity contribution < 1.29 is 0 Å². The van der Waals surface area contributed by atoms with Crippen LogP contribution in [-0.2, 0) is 0 Å². The number of nitrogens with one attached hydrogen (secondary N) is 2. The number of rotatable bonds is 13. The average Bonchev–Trinajstić information content (AvgIpc) is 2.66. The summed E-state index contributed by atoms with van der Waals surface area (Å²) < 4.78 is 0. The van der Waals surface area contributed by atoms with Crippen LogP contribution in [0.3, 0.4) is 0 Å². The van der Waals surface area contributed by atoms with Gasteiger partial charge in [0.25, 0.3) is 0 Å². The number of unbranched alkanes of at least 4 members (excludes halogenated alkanes) is 1. The average molecular weight is 445 g/mol. The minimum atomic E-state index is 0.149. The second-order valence-electron chi connectivity index (χ2n) is 8.95. The molecule has 1 aliphatic carbocycles. The smallest absolute Gasteiger partial charge is 0.106 e. The molecule has 0 aliphatic heterocycles. The number of nitrogens with zero attached hydrogens (tertiary/aromatic N) is 2. The normalized spacial score (nSPS) is 15.2. The van der Waals surface area contributed by atoms with Crippen molar-refractivity contribution in [3.63, 3.8) is 0 Å². The largest absolute Gasteiger partial charge is 0.364 e. The summed E-state index contributed by atoms with van der Waals surface area (Å²) in [6, 6.07) is 6.42. The third kappa shape index (κ3) is 7.03. The first-order chi connectivity index (χ1) is 14.8. The van der Waals surface area contributed by atoms with Gasteiger partial charge in [0.05, 0.1) is 6.04 Å². The van der Waals surface area contributed by atoms with Gasteiger partial charge in [0.15, 0.2) is 0 Å². The molecule has 31 heavy (non-hydrogen) atoms. The van der Waals surface area contributed by atoms with Crippen molar-refractivity contribution in [1.29, 1.82) is 5.41 Å². The number of hydrogen-bond acceptors (Lipinski definition) is 4. The van der Waals surface area contributed by atoms with Crippen LogP contribution in [0.2, 0.25) is 5.02 Å². The minimum Gasteiger partial charge on any atom is -0.364 e. The minimum absolute atomic E-state index is 0.149. The van der Waals surface area contributed by atoms with E-state index in [1.54, 1.807) is 0 Å². The molecule has 1 aromatic carbocycles. The van der Waals surface area contributed by atoms with Crippen molar-refractivity contribution >= 4 is 23.0 Å². The van der Waals surface area contributed by atoms with Crippen molar-refractivity contribution in [2.45, 2.75) is 71.8 Å². The van der Waals surface area contributed by atoms with Crippen LogP contribution in [0.4, 0.5) is 5.69 Å². The fourth-order valence-corrected chi connectivity index (χ4v) is 4.34. The molecule has 1 aliphatic rings. The molecule has 0 aromatic heterocycles. The Morgan fingerprint density at radius 2 is 2.00 bits per heavy atom. The molecule has 1 aromatic rings. The summed E-state index contributed by atoms with van der Waals surface area (Å²) in [6.07, 6.45) is 10.00. The zero-order valence-electron chi connectivity index (χ0n) is 20.1. The Balaban J connectivity index is 2.44. The van der Waals surface area contributed by atoms with Gasteiger partial charge in [0.2, 0.25) is 0 Å². The quantitative estimate of drug-likeness (QED) is 0.310. The molecule has 4 nitrogen and oxygen atoms in total. The summed E-state index contributed by atoms with van der Waals surface area (Å²) in [5.41, 5.74) is 3.87. The summed E-state index contributed by atoms with van der Waals surface area (Å²) in [4.78, 5) is 4.56. The first kappa shape index (κ1) is 25.3. The van der Waals surface area contributed by atoms with Gasteiger partial charge >= 0.3 is 0 Å². The van der Waals surface area contributed by atoms with Crippen LogP contribution in [0.5, 0.6) is 0 Å². The summed E-state index contributed by atoms with van der Waals surface area (Å²) >= 11 is 6.78. The standard InChI is InChI=1S/C26H41ClN4/c1-7-9-16-31(26(30(5)6)17-19(3)28)25(11-8-2)23-18-22(14-15-24(23)27)29-20(4)21-12-10-13-21/h14-15,17-18,21,25,28-29H,4,7-13,16H2,1-3,5-6H3/b26-17+,28-19?. The van der Waals surface area contributed by atoms with Crippen LogP contribution in [0, 0.1) is 11.3 Å². The molecule has 1 atom stereocenters. The lowest BCUT2D eigenvalue weighted by Gasteiger charge is -2.39. The second-order valence-corrected chi connectivity index (χ2v) is 9.35. The van der Waals surface area contributed by atoms with Crippen LogP contribution in [-0.4, -0.2) is 36.2 Å². The van der Waals surface area contributed by atoms with E-state index in [-0.39, 0.29) is 6.04 Å². The van der Waals surface area contributed by atoms with E-state index in [9.17, 15) is 0 Å². The highest BCUT2D eigenvalue weighted by Gasteiger charge is 2.26. The van der Waals surface area contributed by atoms with Gasteiger partial charge in [-0.05, 0) is 68.4 Å². The summed E-state index contributed by atoms with van der Waals surface area (Å²) in [5, 5.41) is 12.4. The fraction of sp³-hybridized carbons (Fsp3) is 0.577. The molecule has 0 bridgehead atoms. The van der Waals surface area contributed by atoms with Gasteiger partial charge in [-0.2, -0.15) is 0 Å². The molecule has 1 fully saturated rings. The maximum atomic E-state index is 8.08. The Hall–Kier alpha value is -1.94. The van der Waals surface area contributed by atoms with Gasteiger partial charge < -0.3 is 20.5 Å². The number of halogens is 1. The lowest BCUT2D eigenvalue weighted by Crippen LogP contribution is -2.36. The molecule has 1 saturated carbocycles. The highest BCUT2D eigenvalue weighted by atomic mass is 35.5. The Bertz CT molecular complexity index is 780. The van der Waals surface area contributed by atoms with Crippen LogP contribution >= 0.6 is 11.6 Å². The van der Waals surface area contributed by atoms with Crippen molar-refractivity contribution in [1.82, 2.24) is 9.80 Å². The number of allylic oxidation sites excluding steroid dienone is 2. The Morgan fingerprint density at radius 1 is 1.29 bits per heavy atom. The van der Waals surface area contributed by atoms with E-state index in [4.69, 9.17) is 17.0 Å². The molecule has 2 N–H and O–H groups in total. The van der Waals surface area contributed by atoms with Crippen LogP contribution in [0.25, 0.3) is 0 Å². The lowest BCUT2D eigenvalue weighted by molar-refractivity contribution is 0.183. The molecule has 0 spiro atoms. The zero-order valence-corrected chi connectivity index (χ0v) is 20.9. The highest BCUT2D eigenvalue weighted by Crippen LogP contribution is 2.37. The molecule has 5 heteroatoms. The van der Waals surface area contributed by atoms with Gasteiger partial charge in [-0.15, -0.1) is 0 Å². The molecular weight excluding hydrogens is 404 g/mol.